The predicted octanol–water partition coefficient (Wildman–Crippen LogP) is 4.54. The lowest BCUT2D eigenvalue weighted by atomic mass is 10.1. The number of aryl methyl sites for hydroxylation is 2. The molecule has 0 unspecified atom stereocenters. The molecular weight excluding hydrogens is 272 g/mol. The van der Waals surface area contributed by atoms with Gasteiger partial charge in [0.15, 0.2) is 23.3 Å². The summed E-state index contributed by atoms with van der Waals surface area (Å²) in [4.78, 5) is 4.00. The van der Waals surface area contributed by atoms with Crippen molar-refractivity contribution in [2.75, 3.05) is 17.2 Å². The van der Waals surface area contributed by atoms with Crippen LogP contribution in [-0.2, 0) is 0 Å². The van der Waals surface area contributed by atoms with Gasteiger partial charge in [0.2, 0.25) is 0 Å². The van der Waals surface area contributed by atoms with Crippen molar-refractivity contribution in [2.45, 2.75) is 27.2 Å². The lowest BCUT2D eigenvalue weighted by Crippen LogP contribution is -2.08. The quantitative estimate of drug-likeness (QED) is 0.849. The van der Waals surface area contributed by atoms with Gasteiger partial charge in [0.05, 0.1) is 0 Å². The SMILES string of the molecule is CCCNc1nc(Nc2ccc(C)cc2C)c(F)cc1F. The summed E-state index contributed by atoms with van der Waals surface area (Å²) in [7, 11) is 0. The zero-order valence-electron chi connectivity index (χ0n) is 12.4. The Kier molecular flexibility index (Phi) is 4.73. The molecule has 0 radical (unpaired) electrons. The molecule has 0 fully saturated rings. The Morgan fingerprint density at radius 2 is 1.76 bits per heavy atom. The molecule has 0 aliphatic rings. The number of pyridine rings is 1. The van der Waals surface area contributed by atoms with Gasteiger partial charge in [-0.2, -0.15) is 0 Å². The fourth-order valence-corrected chi connectivity index (χ4v) is 2.00. The van der Waals surface area contributed by atoms with Crippen molar-refractivity contribution in [2.24, 2.45) is 0 Å². The van der Waals surface area contributed by atoms with Crippen LogP contribution in [-0.4, -0.2) is 11.5 Å². The number of nitrogens with zero attached hydrogens (tertiary/aromatic N) is 1. The normalized spacial score (nSPS) is 10.5. The smallest absolute Gasteiger partial charge is 0.169 e. The van der Waals surface area contributed by atoms with Crippen LogP contribution in [0.15, 0.2) is 24.3 Å². The minimum Gasteiger partial charge on any atom is -0.368 e. The summed E-state index contributed by atoms with van der Waals surface area (Å²) in [6.07, 6.45) is 0.832. The fourth-order valence-electron chi connectivity index (χ4n) is 2.00. The third-order valence-electron chi connectivity index (χ3n) is 3.11. The van der Waals surface area contributed by atoms with Crippen molar-refractivity contribution >= 4 is 17.3 Å². The van der Waals surface area contributed by atoms with Gasteiger partial charge in [-0.05, 0) is 31.9 Å². The third kappa shape index (κ3) is 3.68. The molecule has 0 bridgehead atoms. The van der Waals surface area contributed by atoms with Crippen LogP contribution in [0.3, 0.4) is 0 Å². The van der Waals surface area contributed by atoms with Crippen LogP contribution >= 0.6 is 0 Å². The van der Waals surface area contributed by atoms with E-state index in [1.165, 1.54) is 0 Å². The molecule has 0 saturated carbocycles. The van der Waals surface area contributed by atoms with Crippen LogP contribution in [0.1, 0.15) is 24.5 Å². The van der Waals surface area contributed by atoms with E-state index >= 15 is 0 Å². The molecule has 0 amide bonds. The molecule has 1 aromatic heterocycles. The van der Waals surface area contributed by atoms with E-state index in [4.69, 9.17) is 0 Å². The Morgan fingerprint density at radius 1 is 1.05 bits per heavy atom. The van der Waals surface area contributed by atoms with Crippen LogP contribution in [0, 0.1) is 25.5 Å². The molecular formula is C16H19F2N3. The van der Waals surface area contributed by atoms with E-state index in [1.54, 1.807) is 0 Å². The Labute approximate surface area is 123 Å². The van der Waals surface area contributed by atoms with Crippen molar-refractivity contribution in [3.05, 3.63) is 47.0 Å². The average Bonchev–Trinajstić information content (AvgIpc) is 2.43. The molecule has 0 atom stereocenters. The lowest BCUT2D eigenvalue weighted by molar-refractivity contribution is 0.579. The molecule has 21 heavy (non-hydrogen) atoms. The van der Waals surface area contributed by atoms with Crippen molar-refractivity contribution in [1.29, 1.82) is 0 Å². The molecule has 0 aliphatic heterocycles. The summed E-state index contributed by atoms with van der Waals surface area (Å²) in [5, 5.41) is 5.77. The molecule has 5 heteroatoms. The van der Waals surface area contributed by atoms with E-state index in [-0.39, 0.29) is 11.6 Å². The van der Waals surface area contributed by atoms with E-state index < -0.39 is 11.6 Å². The highest BCUT2D eigenvalue weighted by Gasteiger charge is 2.12. The summed E-state index contributed by atoms with van der Waals surface area (Å²) >= 11 is 0. The maximum absolute atomic E-state index is 13.9. The van der Waals surface area contributed by atoms with Crippen LogP contribution in [0.4, 0.5) is 26.1 Å². The second-order valence-corrected chi connectivity index (χ2v) is 5.02. The summed E-state index contributed by atoms with van der Waals surface area (Å²) in [5.41, 5.74) is 2.85. The van der Waals surface area contributed by atoms with Gasteiger partial charge in [0, 0.05) is 18.3 Å². The Balaban J connectivity index is 2.30. The molecule has 0 saturated heterocycles. The van der Waals surface area contributed by atoms with Gasteiger partial charge in [-0.15, -0.1) is 0 Å². The van der Waals surface area contributed by atoms with Gasteiger partial charge in [0.1, 0.15) is 0 Å². The molecule has 0 aliphatic carbocycles. The molecule has 1 aromatic carbocycles. The van der Waals surface area contributed by atoms with Crippen molar-refractivity contribution in [1.82, 2.24) is 4.98 Å². The standard InChI is InChI=1S/C16H19F2N3/c1-4-7-19-15-12(17)9-13(18)16(21-15)20-14-6-5-10(2)8-11(14)3/h5-6,8-9H,4,7H2,1-3H3,(H2,19,20,21). The Hall–Kier alpha value is -2.17. The Morgan fingerprint density at radius 3 is 2.43 bits per heavy atom. The van der Waals surface area contributed by atoms with E-state index in [0.717, 1.165) is 29.3 Å². The molecule has 112 valence electrons. The molecule has 2 aromatic rings. The Bertz CT molecular complexity index is 642. The van der Waals surface area contributed by atoms with Gasteiger partial charge in [-0.3, -0.25) is 0 Å². The molecule has 2 rings (SSSR count). The first-order chi connectivity index (χ1) is 10.0. The maximum atomic E-state index is 13.9. The highest BCUT2D eigenvalue weighted by Crippen LogP contribution is 2.25. The van der Waals surface area contributed by atoms with E-state index in [1.807, 2.05) is 39.0 Å². The first-order valence-electron chi connectivity index (χ1n) is 6.95. The lowest BCUT2D eigenvalue weighted by Gasteiger charge is -2.13. The summed E-state index contributed by atoms with van der Waals surface area (Å²) in [6.45, 7) is 6.45. The summed E-state index contributed by atoms with van der Waals surface area (Å²) in [6, 6.07) is 6.61. The number of hydrogen-bond acceptors (Lipinski definition) is 3. The number of aromatic nitrogens is 1. The number of rotatable bonds is 5. The van der Waals surface area contributed by atoms with Crippen molar-refractivity contribution in [3.8, 4) is 0 Å². The van der Waals surface area contributed by atoms with Crippen LogP contribution < -0.4 is 10.6 Å². The summed E-state index contributed by atoms with van der Waals surface area (Å²) in [5.74, 6) is -1.32. The minimum absolute atomic E-state index is 0.0157. The van der Waals surface area contributed by atoms with Gasteiger partial charge < -0.3 is 10.6 Å². The topological polar surface area (TPSA) is 37.0 Å². The zero-order chi connectivity index (χ0) is 15.4. The second-order valence-electron chi connectivity index (χ2n) is 5.02. The van der Waals surface area contributed by atoms with Gasteiger partial charge in [0.25, 0.3) is 0 Å². The van der Waals surface area contributed by atoms with Gasteiger partial charge in [-0.1, -0.05) is 24.6 Å². The molecule has 2 N–H and O–H groups in total. The van der Waals surface area contributed by atoms with Gasteiger partial charge >= 0.3 is 0 Å². The fraction of sp³-hybridized carbons (Fsp3) is 0.312. The van der Waals surface area contributed by atoms with Crippen LogP contribution in [0.5, 0.6) is 0 Å². The highest BCUT2D eigenvalue weighted by molar-refractivity contribution is 5.62. The first kappa shape index (κ1) is 15.2. The van der Waals surface area contributed by atoms with Gasteiger partial charge in [-0.25, -0.2) is 13.8 Å². The monoisotopic (exact) mass is 291 g/mol. The predicted molar refractivity (Wildman–Crippen MR) is 82.1 cm³/mol. The van der Waals surface area contributed by atoms with E-state index in [0.29, 0.717) is 6.54 Å². The minimum atomic E-state index is -0.713. The number of hydrogen-bond donors (Lipinski definition) is 2. The van der Waals surface area contributed by atoms with Crippen molar-refractivity contribution in [3.63, 3.8) is 0 Å². The summed E-state index contributed by atoms with van der Waals surface area (Å²) < 4.78 is 27.5. The third-order valence-corrected chi connectivity index (χ3v) is 3.11. The van der Waals surface area contributed by atoms with E-state index in [2.05, 4.69) is 15.6 Å². The van der Waals surface area contributed by atoms with E-state index in [9.17, 15) is 8.78 Å². The van der Waals surface area contributed by atoms with Crippen LogP contribution in [0.25, 0.3) is 0 Å². The molecule has 1 heterocycles. The molecule has 0 spiro atoms. The number of benzene rings is 1. The highest BCUT2D eigenvalue weighted by atomic mass is 19.1. The maximum Gasteiger partial charge on any atom is 0.169 e. The zero-order valence-corrected chi connectivity index (χ0v) is 12.4. The largest absolute Gasteiger partial charge is 0.368 e. The number of nitrogens with one attached hydrogen (secondary N) is 2. The number of anilines is 3. The van der Waals surface area contributed by atoms with Crippen molar-refractivity contribution < 1.29 is 8.78 Å². The van der Waals surface area contributed by atoms with Crippen LogP contribution in [0.2, 0.25) is 0 Å². The second kappa shape index (κ2) is 6.52. The number of halogens is 2. The first-order valence-corrected chi connectivity index (χ1v) is 6.95. The molecule has 3 nitrogen and oxygen atoms in total. The average molecular weight is 291 g/mol.